The largest absolute Gasteiger partial charge is 0.491 e. The molecule has 1 amide bonds. The van der Waals surface area contributed by atoms with Crippen LogP contribution in [0, 0.1) is 0 Å². The minimum atomic E-state index is -1.05. The van der Waals surface area contributed by atoms with Gasteiger partial charge in [-0.25, -0.2) is 0 Å². The number of amides is 1. The molecule has 0 fully saturated rings. The number of ether oxygens (including phenoxy) is 1. The van der Waals surface area contributed by atoms with Gasteiger partial charge in [0.25, 0.3) is 5.91 Å². The van der Waals surface area contributed by atoms with Gasteiger partial charge in [0, 0.05) is 18.1 Å². The molecule has 3 rings (SSSR count). The van der Waals surface area contributed by atoms with Crippen LogP contribution in [0.2, 0.25) is 5.02 Å². The fourth-order valence-corrected chi connectivity index (χ4v) is 3.56. The summed E-state index contributed by atoms with van der Waals surface area (Å²) in [5.74, 6) is 0.529. The van der Waals surface area contributed by atoms with Crippen molar-refractivity contribution in [2.24, 2.45) is 0 Å². The van der Waals surface area contributed by atoms with Crippen LogP contribution < -0.4 is 4.74 Å². The number of benzene rings is 1. The van der Waals surface area contributed by atoms with Crippen LogP contribution in [0.25, 0.3) is 0 Å². The highest BCUT2D eigenvalue weighted by molar-refractivity contribution is 6.30. The molecule has 2 aromatic rings. The molecule has 1 aromatic carbocycles. The van der Waals surface area contributed by atoms with Crippen molar-refractivity contribution in [2.45, 2.75) is 44.3 Å². The monoisotopic (exact) mass is 419 g/mol. The standard InChI is InChI=1S/C21H26ClN3O4/c22-17-5-6-20-15(12-17)4-2-1-3-10-25(11-8-18(26)19(27)14-29-20)21(28)16-7-9-23-24-13-16/h5-7,9,12-13,18-19,26-27H,1-4,8,10-11,14H2/t18-,19+/m0/s1. The summed E-state index contributed by atoms with van der Waals surface area (Å²) in [5.41, 5.74) is 1.44. The van der Waals surface area contributed by atoms with E-state index in [1.54, 1.807) is 23.1 Å². The van der Waals surface area contributed by atoms with Gasteiger partial charge >= 0.3 is 0 Å². The Kier molecular flexibility index (Phi) is 7.80. The van der Waals surface area contributed by atoms with Gasteiger partial charge in [-0.2, -0.15) is 10.2 Å². The first-order chi connectivity index (χ1) is 14.0. The molecule has 1 aromatic heterocycles. The van der Waals surface area contributed by atoms with Gasteiger partial charge in [-0.15, -0.1) is 0 Å². The van der Waals surface area contributed by atoms with Gasteiger partial charge in [0.05, 0.1) is 24.1 Å². The van der Waals surface area contributed by atoms with E-state index in [2.05, 4.69) is 10.2 Å². The summed E-state index contributed by atoms with van der Waals surface area (Å²) in [4.78, 5) is 14.5. The van der Waals surface area contributed by atoms with E-state index >= 15 is 0 Å². The molecule has 2 heterocycles. The molecular formula is C21H26ClN3O4. The van der Waals surface area contributed by atoms with Gasteiger partial charge in [-0.05, 0) is 55.5 Å². The molecule has 1 aliphatic rings. The number of halogens is 1. The Balaban J connectivity index is 1.72. The fraction of sp³-hybridized carbons (Fsp3) is 0.476. The first-order valence-electron chi connectivity index (χ1n) is 9.88. The van der Waals surface area contributed by atoms with Crippen molar-refractivity contribution in [1.29, 1.82) is 0 Å². The lowest BCUT2D eigenvalue weighted by molar-refractivity contribution is -0.0153. The Morgan fingerprint density at radius 1 is 1.10 bits per heavy atom. The molecule has 0 saturated heterocycles. The van der Waals surface area contributed by atoms with Crippen LogP contribution >= 0.6 is 11.6 Å². The number of hydrogen-bond acceptors (Lipinski definition) is 6. The summed E-state index contributed by atoms with van der Waals surface area (Å²) in [7, 11) is 0. The molecule has 0 bridgehead atoms. The second kappa shape index (κ2) is 10.5. The second-order valence-electron chi connectivity index (χ2n) is 7.22. The summed E-state index contributed by atoms with van der Waals surface area (Å²) in [6.07, 6.45) is 4.61. The Labute approximate surface area is 175 Å². The number of carbonyl (C=O) groups excluding carboxylic acids is 1. The normalized spacial score (nSPS) is 21.6. The third-order valence-corrected chi connectivity index (χ3v) is 5.30. The summed E-state index contributed by atoms with van der Waals surface area (Å²) >= 11 is 6.12. The van der Waals surface area contributed by atoms with Crippen molar-refractivity contribution in [3.8, 4) is 5.75 Å². The van der Waals surface area contributed by atoms with Crippen LogP contribution in [-0.4, -0.2) is 63.1 Å². The van der Waals surface area contributed by atoms with Crippen molar-refractivity contribution in [3.63, 3.8) is 0 Å². The number of aliphatic hydroxyl groups is 2. The van der Waals surface area contributed by atoms with Crippen LogP contribution in [0.4, 0.5) is 0 Å². The van der Waals surface area contributed by atoms with Crippen molar-refractivity contribution in [3.05, 3.63) is 52.8 Å². The topological polar surface area (TPSA) is 95.8 Å². The molecule has 1 aliphatic heterocycles. The molecule has 0 aliphatic carbocycles. The smallest absolute Gasteiger partial charge is 0.255 e. The zero-order valence-corrected chi connectivity index (χ0v) is 17.0. The second-order valence-corrected chi connectivity index (χ2v) is 7.66. The lowest BCUT2D eigenvalue weighted by atomic mass is 10.0. The van der Waals surface area contributed by atoms with Crippen molar-refractivity contribution >= 4 is 17.5 Å². The number of fused-ring (bicyclic) bond motifs is 1. The number of aromatic nitrogens is 2. The molecule has 2 atom stereocenters. The third-order valence-electron chi connectivity index (χ3n) is 5.06. The quantitative estimate of drug-likeness (QED) is 0.737. The molecule has 0 radical (unpaired) electrons. The predicted molar refractivity (Wildman–Crippen MR) is 109 cm³/mol. The van der Waals surface area contributed by atoms with Gasteiger partial charge in [-0.3, -0.25) is 4.79 Å². The molecule has 7 nitrogen and oxygen atoms in total. The number of aryl methyl sites for hydroxylation is 1. The fourth-order valence-electron chi connectivity index (χ4n) is 3.36. The Morgan fingerprint density at radius 2 is 1.97 bits per heavy atom. The lowest BCUT2D eigenvalue weighted by Gasteiger charge is -2.26. The number of nitrogens with zero attached hydrogens (tertiary/aromatic N) is 3. The maximum Gasteiger partial charge on any atom is 0.255 e. The van der Waals surface area contributed by atoms with E-state index in [-0.39, 0.29) is 18.9 Å². The molecule has 2 N–H and O–H groups in total. The maximum atomic E-state index is 12.8. The molecule has 156 valence electrons. The van der Waals surface area contributed by atoms with Crippen LogP contribution in [0.5, 0.6) is 5.75 Å². The van der Waals surface area contributed by atoms with E-state index in [0.717, 1.165) is 31.2 Å². The van der Waals surface area contributed by atoms with E-state index in [0.29, 0.717) is 29.4 Å². The molecule has 0 unspecified atom stereocenters. The SMILES string of the molecule is O=C(c1ccnnc1)N1CCCCCc2cc(Cl)ccc2OC[C@@H](O)[C@@H](O)CC1. The van der Waals surface area contributed by atoms with E-state index in [4.69, 9.17) is 16.3 Å². The van der Waals surface area contributed by atoms with Gasteiger partial charge < -0.3 is 19.8 Å². The molecule has 8 heteroatoms. The first-order valence-corrected chi connectivity index (χ1v) is 10.3. The van der Waals surface area contributed by atoms with E-state index in [1.165, 1.54) is 12.4 Å². The van der Waals surface area contributed by atoms with E-state index < -0.39 is 12.2 Å². The van der Waals surface area contributed by atoms with Crippen LogP contribution in [0.1, 0.15) is 41.6 Å². The van der Waals surface area contributed by atoms with Crippen LogP contribution in [0.15, 0.2) is 36.7 Å². The summed E-state index contributed by atoms with van der Waals surface area (Å²) in [6.45, 7) is 0.881. The van der Waals surface area contributed by atoms with Gasteiger partial charge in [0.15, 0.2) is 0 Å². The summed E-state index contributed by atoms with van der Waals surface area (Å²) in [5, 5.41) is 28.7. The molecule has 0 saturated carbocycles. The van der Waals surface area contributed by atoms with Gasteiger partial charge in [-0.1, -0.05) is 18.0 Å². The number of hydrogen-bond donors (Lipinski definition) is 2. The summed E-state index contributed by atoms with van der Waals surface area (Å²) < 4.78 is 5.75. The number of carbonyl (C=O) groups is 1. The molecular weight excluding hydrogens is 394 g/mol. The minimum Gasteiger partial charge on any atom is -0.491 e. The average Bonchev–Trinajstić information content (AvgIpc) is 2.74. The Morgan fingerprint density at radius 3 is 2.76 bits per heavy atom. The zero-order valence-electron chi connectivity index (χ0n) is 16.2. The van der Waals surface area contributed by atoms with Crippen molar-refractivity contribution in [1.82, 2.24) is 15.1 Å². The average molecular weight is 420 g/mol. The third kappa shape index (κ3) is 6.13. The van der Waals surface area contributed by atoms with E-state index in [1.807, 2.05) is 6.07 Å². The van der Waals surface area contributed by atoms with Gasteiger partial charge in [0.2, 0.25) is 0 Å². The van der Waals surface area contributed by atoms with Crippen LogP contribution in [0.3, 0.4) is 0 Å². The van der Waals surface area contributed by atoms with Crippen molar-refractivity contribution < 1.29 is 19.7 Å². The summed E-state index contributed by atoms with van der Waals surface area (Å²) in [6, 6.07) is 7.05. The van der Waals surface area contributed by atoms with E-state index in [9.17, 15) is 15.0 Å². The molecule has 0 spiro atoms. The van der Waals surface area contributed by atoms with Gasteiger partial charge in [0.1, 0.15) is 18.5 Å². The number of aliphatic hydroxyl groups excluding tert-OH is 2. The minimum absolute atomic E-state index is 0.0297. The highest BCUT2D eigenvalue weighted by Gasteiger charge is 2.22. The van der Waals surface area contributed by atoms with Crippen molar-refractivity contribution in [2.75, 3.05) is 19.7 Å². The van der Waals surface area contributed by atoms with Crippen LogP contribution in [-0.2, 0) is 6.42 Å². The first kappa shape index (κ1) is 21.5. The number of rotatable bonds is 1. The zero-order chi connectivity index (χ0) is 20.6. The Hall–Kier alpha value is -2.22. The highest BCUT2D eigenvalue weighted by Crippen LogP contribution is 2.25. The highest BCUT2D eigenvalue weighted by atomic mass is 35.5. The maximum absolute atomic E-state index is 12.8. The molecule has 29 heavy (non-hydrogen) atoms. The predicted octanol–water partition coefficient (Wildman–Crippen LogP) is 2.49. The lowest BCUT2D eigenvalue weighted by Crippen LogP contribution is -2.38. The Bertz CT molecular complexity index is 806.